The van der Waals surface area contributed by atoms with Crippen molar-refractivity contribution in [3.63, 3.8) is 0 Å². The van der Waals surface area contributed by atoms with Crippen molar-refractivity contribution in [1.29, 1.82) is 0 Å². The quantitative estimate of drug-likeness (QED) is 0.422. The molecule has 1 aromatic rings. The van der Waals surface area contributed by atoms with Crippen LogP contribution in [0.1, 0.15) is 23.7 Å². The summed E-state index contributed by atoms with van der Waals surface area (Å²) in [4.78, 5) is 11.2. The molecule has 0 aromatic heterocycles. The highest BCUT2D eigenvalue weighted by atomic mass is 19.1. The molecule has 0 N–H and O–H groups in total. The average Bonchev–Trinajstić information content (AvgIpc) is 2.17. The van der Waals surface area contributed by atoms with Crippen LogP contribution in [0.5, 0.6) is 5.75 Å². The Morgan fingerprint density at radius 3 is 2.93 bits per heavy atom. The Bertz CT molecular complexity index is 372. The summed E-state index contributed by atoms with van der Waals surface area (Å²) in [7, 11) is 0. The molecule has 15 heavy (non-hydrogen) atoms. The lowest BCUT2D eigenvalue weighted by atomic mass is 10.1. The zero-order chi connectivity index (χ0) is 11.3. The van der Waals surface area contributed by atoms with Gasteiger partial charge in [0, 0.05) is 0 Å². The summed E-state index contributed by atoms with van der Waals surface area (Å²) in [5.74, 6) is -0.579. The molecule has 2 nitrogen and oxygen atoms in total. The predicted octanol–water partition coefficient (Wildman–Crippen LogP) is 2.98. The SMILES string of the molecule is C=CCCOc1cccc(F)c1C(C)=O. The van der Waals surface area contributed by atoms with E-state index in [-0.39, 0.29) is 11.3 Å². The second kappa shape index (κ2) is 5.29. The molecule has 3 heteroatoms. The minimum atomic E-state index is -0.543. The second-order valence-electron chi connectivity index (χ2n) is 3.09. The van der Waals surface area contributed by atoms with Crippen molar-refractivity contribution < 1.29 is 13.9 Å². The molecule has 0 aliphatic heterocycles. The summed E-state index contributed by atoms with van der Waals surface area (Å²) in [6, 6.07) is 4.35. The van der Waals surface area contributed by atoms with Gasteiger partial charge in [0.05, 0.1) is 12.2 Å². The van der Waals surface area contributed by atoms with Gasteiger partial charge in [-0.1, -0.05) is 12.1 Å². The summed E-state index contributed by atoms with van der Waals surface area (Å²) < 4.78 is 18.6. The van der Waals surface area contributed by atoms with Crippen LogP contribution in [0.3, 0.4) is 0 Å². The summed E-state index contributed by atoms with van der Waals surface area (Å²) in [6.45, 7) is 5.26. The van der Waals surface area contributed by atoms with Crippen molar-refractivity contribution in [3.05, 3.63) is 42.2 Å². The maximum atomic E-state index is 13.3. The smallest absolute Gasteiger partial charge is 0.166 e. The number of hydrogen-bond donors (Lipinski definition) is 0. The first-order valence-corrected chi connectivity index (χ1v) is 4.70. The molecule has 1 aromatic carbocycles. The minimum Gasteiger partial charge on any atom is -0.492 e. The molecule has 0 amide bonds. The normalized spacial score (nSPS) is 9.73. The number of Topliss-reactive ketones (excluding diaryl/α,β-unsaturated/α-hetero) is 1. The molecule has 0 fully saturated rings. The number of hydrogen-bond acceptors (Lipinski definition) is 2. The van der Waals surface area contributed by atoms with E-state index in [0.717, 1.165) is 0 Å². The fourth-order valence-electron chi connectivity index (χ4n) is 1.22. The molecule has 0 saturated heterocycles. The van der Waals surface area contributed by atoms with Crippen molar-refractivity contribution >= 4 is 5.78 Å². The van der Waals surface area contributed by atoms with Crippen LogP contribution in [-0.4, -0.2) is 12.4 Å². The highest BCUT2D eigenvalue weighted by Crippen LogP contribution is 2.22. The summed E-state index contributed by atoms with van der Waals surface area (Å²) in [5.41, 5.74) is 0.0153. The molecule has 0 unspecified atom stereocenters. The molecule has 1 rings (SSSR count). The van der Waals surface area contributed by atoms with Gasteiger partial charge < -0.3 is 4.74 Å². The van der Waals surface area contributed by atoms with Gasteiger partial charge in [-0.15, -0.1) is 6.58 Å². The highest BCUT2D eigenvalue weighted by molar-refractivity contribution is 5.97. The largest absolute Gasteiger partial charge is 0.492 e. The number of ether oxygens (including phenoxy) is 1. The first-order chi connectivity index (χ1) is 7.16. The standard InChI is InChI=1S/C12H13FO2/c1-3-4-8-15-11-7-5-6-10(13)12(11)9(2)14/h3,5-7H,1,4,8H2,2H3. The monoisotopic (exact) mass is 208 g/mol. The molecule has 0 radical (unpaired) electrons. The molecule has 0 spiro atoms. The van der Waals surface area contributed by atoms with Crippen molar-refractivity contribution in [2.45, 2.75) is 13.3 Å². The van der Waals surface area contributed by atoms with E-state index in [0.29, 0.717) is 18.8 Å². The van der Waals surface area contributed by atoms with Gasteiger partial charge >= 0.3 is 0 Å². The van der Waals surface area contributed by atoms with Gasteiger partial charge in [0.15, 0.2) is 5.78 Å². The average molecular weight is 208 g/mol. The number of benzene rings is 1. The van der Waals surface area contributed by atoms with E-state index in [9.17, 15) is 9.18 Å². The number of carbonyl (C=O) groups is 1. The third kappa shape index (κ3) is 2.91. The number of rotatable bonds is 5. The first kappa shape index (κ1) is 11.4. The van der Waals surface area contributed by atoms with Gasteiger partial charge in [-0.05, 0) is 25.5 Å². The van der Waals surface area contributed by atoms with Crippen LogP contribution in [0.2, 0.25) is 0 Å². The fourth-order valence-corrected chi connectivity index (χ4v) is 1.22. The maximum Gasteiger partial charge on any atom is 0.166 e. The van der Waals surface area contributed by atoms with Gasteiger partial charge in [0.1, 0.15) is 11.6 Å². The Morgan fingerprint density at radius 2 is 2.33 bits per heavy atom. The van der Waals surface area contributed by atoms with Crippen LogP contribution in [0.15, 0.2) is 30.9 Å². The van der Waals surface area contributed by atoms with Crippen molar-refractivity contribution in [1.82, 2.24) is 0 Å². The van der Waals surface area contributed by atoms with Crippen LogP contribution < -0.4 is 4.74 Å². The van der Waals surface area contributed by atoms with Gasteiger partial charge in [-0.3, -0.25) is 4.79 Å². The zero-order valence-corrected chi connectivity index (χ0v) is 8.63. The summed E-state index contributed by atoms with van der Waals surface area (Å²) in [6.07, 6.45) is 2.36. The number of ketones is 1. The predicted molar refractivity (Wildman–Crippen MR) is 56.7 cm³/mol. The zero-order valence-electron chi connectivity index (χ0n) is 8.63. The van der Waals surface area contributed by atoms with Gasteiger partial charge in [-0.2, -0.15) is 0 Å². The van der Waals surface area contributed by atoms with Crippen LogP contribution >= 0.6 is 0 Å². The Balaban J connectivity index is 2.90. The lowest BCUT2D eigenvalue weighted by Crippen LogP contribution is -2.04. The Labute approximate surface area is 88.4 Å². The third-order valence-corrected chi connectivity index (χ3v) is 1.91. The minimum absolute atomic E-state index is 0.0153. The molecule has 0 aliphatic carbocycles. The Morgan fingerprint density at radius 1 is 1.60 bits per heavy atom. The summed E-state index contributed by atoms with van der Waals surface area (Å²) >= 11 is 0. The van der Waals surface area contributed by atoms with Crippen LogP contribution in [0, 0.1) is 5.82 Å². The highest BCUT2D eigenvalue weighted by Gasteiger charge is 2.13. The first-order valence-electron chi connectivity index (χ1n) is 4.70. The topological polar surface area (TPSA) is 26.3 Å². The lowest BCUT2D eigenvalue weighted by Gasteiger charge is -2.09. The second-order valence-corrected chi connectivity index (χ2v) is 3.09. The molecule has 0 atom stereocenters. The Kier molecular flexibility index (Phi) is 4.03. The number of carbonyl (C=O) groups excluding carboxylic acids is 1. The maximum absolute atomic E-state index is 13.3. The van der Waals surface area contributed by atoms with E-state index in [2.05, 4.69) is 6.58 Å². The van der Waals surface area contributed by atoms with Crippen LogP contribution in [-0.2, 0) is 0 Å². The van der Waals surface area contributed by atoms with E-state index in [1.165, 1.54) is 19.1 Å². The van der Waals surface area contributed by atoms with Crippen LogP contribution in [0.25, 0.3) is 0 Å². The van der Waals surface area contributed by atoms with E-state index >= 15 is 0 Å². The number of halogens is 1. The molecule has 0 heterocycles. The molecule has 0 saturated carbocycles. The van der Waals surface area contributed by atoms with Gasteiger partial charge in [0.2, 0.25) is 0 Å². The molecule has 0 bridgehead atoms. The summed E-state index contributed by atoms with van der Waals surface area (Å²) in [5, 5.41) is 0. The van der Waals surface area contributed by atoms with Crippen LogP contribution in [0.4, 0.5) is 4.39 Å². The Hall–Kier alpha value is -1.64. The molecular weight excluding hydrogens is 195 g/mol. The van der Waals surface area contributed by atoms with Crippen molar-refractivity contribution in [2.24, 2.45) is 0 Å². The molecule has 80 valence electrons. The van der Waals surface area contributed by atoms with E-state index in [1.54, 1.807) is 12.1 Å². The third-order valence-electron chi connectivity index (χ3n) is 1.91. The fraction of sp³-hybridized carbons (Fsp3) is 0.250. The van der Waals surface area contributed by atoms with Crippen molar-refractivity contribution in [2.75, 3.05) is 6.61 Å². The van der Waals surface area contributed by atoms with Gasteiger partial charge in [-0.25, -0.2) is 4.39 Å². The van der Waals surface area contributed by atoms with E-state index in [4.69, 9.17) is 4.74 Å². The van der Waals surface area contributed by atoms with E-state index < -0.39 is 5.82 Å². The van der Waals surface area contributed by atoms with Crippen molar-refractivity contribution in [3.8, 4) is 5.75 Å². The lowest BCUT2D eigenvalue weighted by molar-refractivity contribution is 0.101. The molecular formula is C12H13FO2. The molecule has 0 aliphatic rings. The van der Waals surface area contributed by atoms with Gasteiger partial charge in [0.25, 0.3) is 0 Å². The van der Waals surface area contributed by atoms with E-state index in [1.807, 2.05) is 0 Å².